The van der Waals surface area contributed by atoms with Crippen LogP contribution >= 0.6 is 7.82 Å². The summed E-state index contributed by atoms with van der Waals surface area (Å²) in [4.78, 5) is 48.6. The summed E-state index contributed by atoms with van der Waals surface area (Å²) in [6.45, 7) is 4.34. The summed E-state index contributed by atoms with van der Waals surface area (Å²) in [6, 6.07) is 0. The van der Waals surface area contributed by atoms with Gasteiger partial charge in [0.1, 0.15) is 12.7 Å². The summed E-state index contributed by atoms with van der Waals surface area (Å²) in [5, 5.41) is 9.81. The zero-order valence-corrected chi connectivity index (χ0v) is 49.1. The molecule has 76 heavy (non-hydrogen) atoms. The smallest absolute Gasteiger partial charge is 0.462 e. The summed E-state index contributed by atoms with van der Waals surface area (Å²) < 4.78 is 39.5. The van der Waals surface area contributed by atoms with Gasteiger partial charge in [-0.1, -0.05) is 240 Å². The van der Waals surface area contributed by atoms with E-state index in [0.717, 1.165) is 89.9 Å². The van der Waals surface area contributed by atoms with Gasteiger partial charge in [0.05, 0.1) is 19.8 Å². The largest absolute Gasteiger partial charge is 0.472 e. The zero-order chi connectivity index (χ0) is 55.5. The topological polar surface area (TPSA) is 155 Å². The van der Waals surface area contributed by atoms with Crippen LogP contribution in [0.3, 0.4) is 0 Å². The molecule has 3 atom stereocenters. The maximum absolute atomic E-state index is 12.9. The van der Waals surface area contributed by atoms with Crippen molar-refractivity contribution in [3.05, 3.63) is 97.2 Å². The van der Waals surface area contributed by atoms with E-state index < -0.39 is 57.8 Å². The van der Waals surface area contributed by atoms with Gasteiger partial charge in [0.2, 0.25) is 0 Å². The molecule has 0 fully saturated rings. The van der Waals surface area contributed by atoms with Gasteiger partial charge in [-0.25, -0.2) is 4.57 Å². The quantitative estimate of drug-likeness (QED) is 0.0197. The predicted molar refractivity (Wildman–Crippen MR) is 316 cm³/mol. The summed E-state index contributed by atoms with van der Waals surface area (Å²) in [6.07, 6.45) is 68.1. The number of carbonyl (C=O) groups excluding carboxylic acids is 3. The number of ether oxygens (including phenoxy) is 3. The summed E-state index contributed by atoms with van der Waals surface area (Å²) in [7, 11) is -4.77. The standard InChI is InChI=1S/C64H109O11P/c1-4-7-10-13-16-19-22-25-27-29-30-32-34-37-40-43-46-49-52-55-64(68)75-61(57-71-62(66)53-50-47-44-41-38-36-33-31-28-26-23-20-17-14-11-8-5-2)59-73-76(69,70)72-58-60(56-65)74-63(67)54-51-48-45-42-39-35-24-21-18-15-12-9-6-3/h8-9,11-12,17-18,20-21,26,28,33,35-36,39,41,44,60-61,65H,4-7,10,13-16,19,22-25,27,29-32,34,37-38,40,42-43,45-59H2,1-3H3,(H,69,70)/b11-8-,12-9-,20-17-,21-18-,28-26-,36-33-,39-35-,44-41-. The molecule has 0 radical (unpaired) electrons. The molecule has 3 unspecified atom stereocenters. The molecule has 0 saturated heterocycles. The molecule has 0 aliphatic carbocycles. The third-order valence-electron chi connectivity index (χ3n) is 12.5. The highest BCUT2D eigenvalue weighted by molar-refractivity contribution is 7.47. The second-order valence-electron chi connectivity index (χ2n) is 19.8. The first-order valence-electron chi connectivity index (χ1n) is 30.1. The van der Waals surface area contributed by atoms with Crippen molar-refractivity contribution in [2.75, 3.05) is 26.4 Å². The van der Waals surface area contributed by atoms with Crippen molar-refractivity contribution in [2.24, 2.45) is 0 Å². The van der Waals surface area contributed by atoms with Gasteiger partial charge in [0.25, 0.3) is 0 Å². The molecule has 0 heterocycles. The minimum absolute atomic E-state index is 0.135. The van der Waals surface area contributed by atoms with Crippen molar-refractivity contribution < 1.29 is 52.2 Å². The monoisotopic (exact) mass is 1080 g/mol. The lowest BCUT2D eigenvalue weighted by atomic mass is 10.0. The molecule has 0 rings (SSSR count). The Labute approximate surface area is 463 Å². The van der Waals surface area contributed by atoms with E-state index in [-0.39, 0.29) is 25.9 Å². The number of hydrogen-bond donors (Lipinski definition) is 2. The van der Waals surface area contributed by atoms with E-state index in [4.69, 9.17) is 23.3 Å². The fourth-order valence-electron chi connectivity index (χ4n) is 8.00. The third-order valence-corrected chi connectivity index (χ3v) is 13.5. The molecular formula is C64H109O11P. The average molecular weight is 1090 g/mol. The van der Waals surface area contributed by atoms with Crippen LogP contribution in [0.15, 0.2) is 97.2 Å². The van der Waals surface area contributed by atoms with Crippen LogP contribution in [-0.2, 0) is 42.2 Å². The number of aliphatic hydroxyl groups excluding tert-OH is 1. The summed E-state index contributed by atoms with van der Waals surface area (Å²) in [5.41, 5.74) is 0. The van der Waals surface area contributed by atoms with Gasteiger partial charge in [0.15, 0.2) is 6.10 Å². The average Bonchev–Trinajstić information content (AvgIpc) is 3.41. The van der Waals surface area contributed by atoms with Gasteiger partial charge in [-0.15, -0.1) is 0 Å². The van der Waals surface area contributed by atoms with Crippen LogP contribution in [-0.4, -0.2) is 66.5 Å². The van der Waals surface area contributed by atoms with E-state index in [1.165, 1.54) is 96.3 Å². The Kier molecular flexibility index (Phi) is 54.8. The number of unbranched alkanes of at least 4 members (excludes halogenated alkanes) is 22. The predicted octanol–water partition coefficient (Wildman–Crippen LogP) is 18.0. The molecule has 0 spiro atoms. The van der Waals surface area contributed by atoms with Crippen LogP contribution in [0.5, 0.6) is 0 Å². The number of hydrogen-bond acceptors (Lipinski definition) is 10. The molecule has 0 aromatic heterocycles. The first kappa shape index (κ1) is 72.4. The van der Waals surface area contributed by atoms with E-state index in [1.54, 1.807) is 0 Å². The molecule has 0 amide bonds. The molecule has 0 aromatic carbocycles. The maximum atomic E-state index is 12.9. The van der Waals surface area contributed by atoms with Crippen molar-refractivity contribution in [2.45, 2.75) is 264 Å². The van der Waals surface area contributed by atoms with Crippen molar-refractivity contribution in [1.82, 2.24) is 0 Å². The molecule has 0 aromatic rings. The molecule has 0 bridgehead atoms. The molecule has 11 nitrogen and oxygen atoms in total. The van der Waals surface area contributed by atoms with Crippen molar-refractivity contribution >= 4 is 25.7 Å². The van der Waals surface area contributed by atoms with E-state index in [9.17, 15) is 28.9 Å². The number of allylic oxidation sites excluding steroid dienone is 16. The Balaban J connectivity index is 4.80. The zero-order valence-electron chi connectivity index (χ0n) is 48.2. The second-order valence-corrected chi connectivity index (χ2v) is 21.2. The highest BCUT2D eigenvalue weighted by Gasteiger charge is 2.28. The lowest BCUT2D eigenvalue weighted by Gasteiger charge is -2.21. The third kappa shape index (κ3) is 55.2. The SMILES string of the molecule is CC/C=C\C/C=C\C/C=C\C/C=C\C/C=C\CCCC(=O)OCC(COP(=O)(O)OCC(CO)OC(=O)CCCCC/C=C\C/C=C\C/C=C\CC)OC(=O)CCCCCCCCCCCCCCCCCCCCC. The molecule has 12 heteroatoms. The maximum Gasteiger partial charge on any atom is 0.472 e. The van der Waals surface area contributed by atoms with Crippen LogP contribution in [0.2, 0.25) is 0 Å². The van der Waals surface area contributed by atoms with Gasteiger partial charge >= 0.3 is 25.7 Å². The number of rotatable bonds is 55. The van der Waals surface area contributed by atoms with Gasteiger partial charge < -0.3 is 24.2 Å². The number of phosphoric acid groups is 1. The van der Waals surface area contributed by atoms with Crippen LogP contribution in [0.25, 0.3) is 0 Å². The normalized spacial score (nSPS) is 14.0. The minimum atomic E-state index is -4.77. The highest BCUT2D eigenvalue weighted by Crippen LogP contribution is 2.43. The van der Waals surface area contributed by atoms with Crippen molar-refractivity contribution in [3.63, 3.8) is 0 Å². The Morgan fingerprint density at radius 1 is 0.382 bits per heavy atom. The lowest BCUT2D eigenvalue weighted by molar-refractivity contribution is -0.161. The van der Waals surface area contributed by atoms with Crippen molar-refractivity contribution in [1.29, 1.82) is 0 Å². The van der Waals surface area contributed by atoms with E-state index in [1.807, 2.05) is 6.08 Å². The molecule has 0 aliphatic rings. The number of phosphoric ester groups is 1. The van der Waals surface area contributed by atoms with Gasteiger partial charge in [-0.2, -0.15) is 0 Å². The van der Waals surface area contributed by atoms with E-state index in [0.29, 0.717) is 25.7 Å². The number of aliphatic hydroxyl groups is 1. The second kappa shape index (κ2) is 57.6. The molecule has 2 N–H and O–H groups in total. The van der Waals surface area contributed by atoms with Gasteiger partial charge in [-0.05, 0) is 89.9 Å². The molecule has 436 valence electrons. The molecular weight excluding hydrogens is 976 g/mol. The first-order valence-corrected chi connectivity index (χ1v) is 31.6. The van der Waals surface area contributed by atoms with Crippen molar-refractivity contribution in [3.8, 4) is 0 Å². The first-order chi connectivity index (χ1) is 37.2. The molecule has 0 aliphatic heterocycles. The summed E-state index contributed by atoms with van der Waals surface area (Å²) >= 11 is 0. The Hall–Kier alpha value is -3.60. The fraction of sp³-hybridized carbons (Fsp3) is 0.703. The van der Waals surface area contributed by atoms with Gasteiger partial charge in [0, 0.05) is 19.3 Å². The molecule has 0 saturated carbocycles. The highest BCUT2D eigenvalue weighted by atomic mass is 31.2. The lowest BCUT2D eigenvalue weighted by Crippen LogP contribution is -2.30. The van der Waals surface area contributed by atoms with Gasteiger partial charge in [-0.3, -0.25) is 23.4 Å². The Morgan fingerprint density at radius 2 is 0.697 bits per heavy atom. The van der Waals surface area contributed by atoms with Crippen LogP contribution in [0.1, 0.15) is 252 Å². The fourth-order valence-corrected chi connectivity index (χ4v) is 8.78. The minimum Gasteiger partial charge on any atom is -0.462 e. The van der Waals surface area contributed by atoms with E-state index in [2.05, 4.69) is 112 Å². The van der Waals surface area contributed by atoms with Crippen LogP contribution < -0.4 is 0 Å². The number of esters is 3. The Morgan fingerprint density at radius 3 is 1.09 bits per heavy atom. The number of carbonyl (C=O) groups is 3. The van der Waals surface area contributed by atoms with E-state index >= 15 is 0 Å². The van der Waals surface area contributed by atoms with Crippen LogP contribution in [0, 0.1) is 0 Å². The summed E-state index contributed by atoms with van der Waals surface area (Å²) in [5.74, 6) is -1.56. The van der Waals surface area contributed by atoms with Crippen LogP contribution in [0.4, 0.5) is 0 Å². The Bertz CT molecular complexity index is 1640.